The number of piperidine rings is 1. The zero-order valence-electron chi connectivity index (χ0n) is 18.6. The number of ether oxygens (including phenoxy) is 1. The van der Waals surface area contributed by atoms with Crippen LogP contribution in [0.25, 0.3) is 0 Å². The highest BCUT2D eigenvalue weighted by atomic mass is 16.5. The highest BCUT2D eigenvalue weighted by molar-refractivity contribution is 5.94. The fourth-order valence-corrected chi connectivity index (χ4v) is 3.70. The highest BCUT2D eigenvalue weighted by Crippen LogP contribution is 2.23. The van der Waals surface area contributed by atoms with Gasteiger partial charge in [0.2, 0.25) is 11.8 Å². The second-order valence-electron chi connectivity index (χ2n) is 8.42. The van der Waals surface area contributed by atoms with Gasteiger partial charge in [-0.3, -0.25) is 14.4 Å². The van der Waals surface area contributed by atoms with E-state index in [0.29, 0.717) is 51.1 Å². The molecule has 2 rings (SSSR count). The summed E-state index contributed by atoms with van der Waals surface area (Å²) in [7, 11) is 1.58. The van der Waals surface area contributed by atoms with E-state index in [9.17, 15) is 14.4 Å². The lowest BCUT2D eigenvalue weighted by atomic mass is 9.88. The van der Waals surface area contributed by atoms with Gasteiger partial charge >= 0.3 is 0 Å². The number of amides is 3. The number of carbonyl (C=O) groups excluding carboxylic acids is 3. The Labute approximate surface area is 179 Å². The van der Waals surface area contributed by atoms with Gasteiger partial charge in [0.15, 0.2) is 0 Å². The van der Waals surface area contributed by atoms with Gasteiger partial charge < -0.3 is 20.3 Å². The van der Waals surface area contributed by atoms with Crippen LogP contribution >= 0.6 is 0 Å². The average molecular weight is 418 g/mol. The molecule has 1 aliphatic heterocycles. The summed E-state index contributed by atoms with van der Waals surface area (Å²) in [6, 6.07) is 6.98. The van der Waals surface area contributed by atoms with Gasteiger partial charge in [0.1, 0.15) is 6.04 Å². The van der Waals surface area contributed by atoms with E-state index >= 15 is 0 Å². The van der Waals surface area contributed by atoms with Gasteiger partial charge in [0, 0.05) is 38.7 Å². The van der Waals surface area contributed by atoms with Gasteiger partial charge in [0.05, 0.1) is 6.61 Å². The number of benzene rings is 1. The maximum Gasteiger partial charge on any atom is 0.253 e. The average Bonchev–Trinajstić information content (AvgIpc) is 2.72. The summed E-state index contributed by atoms with van der Waals surface area (Å²) >= 11 is 0. The Bertz CT molecular complexity index is 710. The molecule has 0 radical (unpaired) electrons. The summed E-state index contributed by atoms with van der Waals surface area (Å²) in [5.74, 6) is -0.0807. The van der Waals surface area contributed by atoms with E-state index in [0.717, 1.165) is 5.56 Å². The number of hydrogen-bond donors (Lipinski definition) is 2. The molecular weight excluding hydrogens is 382 g/mol. The minimum atomic E-state index is -0.593. The second-order valence-corrected chi connectivity index (χ2v) is 8.42. The molecule has 1 atom stereocenters. The number of likely N-dealkylation sites (tertiary alicyclic amines) is 1. The predicted octanol–water partition coefficient (Wildman–Crippen LogP) is 2.14. The zero-order valence-corrected chi connectivity index (χ0v) is 18.6. The minimum absolute atomic E-state index is 0.00859. The lowest BCUT2D eigenvalue weighted by Crippen LogP contribution is -2.54. The molecule has 0 spiro atoms. The van der Waals surface area contributed by atoms with E-state index in [1.165, 1.54) is 0 Å². The molecule has 1 aromatic rings. The van der Waals surface area contributed by atoms with Crippen molar-refractivity contribution in [3.05, 3.63) is 35.4 Å². The molecule has 0 aliphatic carbocycles. The smallest absolute Gasteiger partial charge is 0.253 e. The van der Waals surface area contributed by atoms with Crippen molar-refractivity contribution in [3.8, 4) is 0 Å². The van der Waals surface area contributed by atoms with Crippen LogP contribution in [-0.4, -0.2) is 62.0 Å². The van der Waals surface area contributed by atoms with Crippen molar-refractivity contribution >= 4 is 17.7 Å². The molecule has 1 aliphatic rings. The van der Waals surface area contributed by atoms with Gasteiger partial charge in [-0.25, -0.2) is 0 Å². The van der Waals surface area contributed by atoms with Gasteiger partial charge in [-0.15, -0.1) is 0 Å². The summed E-state index contributed by atoms with van der Waals surface area (Å²) in [6.07, 6.45) is 1.72. The maximum atomic E-state index is 12.8. The number of aryl methyl sites for hydroxylation is 1. The van der Waals surface area contributed by atoms with Crippen LogP contribution in [0.15, 0.2) is 24.3 Å². The summed E-state index contributed by atoms with van der Waals surface area (Å²) in [5, 5.41) is 5.78. The number of methoxy groups -OCH3 is 1. The van der Waals surface area contributed by atoms with Crippen LogP contribution in [-0.2, 0) is 14.3 Å². The molecule has 3 amide bonds. The molecule has 2 N–H and O–H groups in total. The fourth-order valence-electron chi connectivity index (χ4n) is 3.70. The molecule has 0 unspecified atom stereocenters. The quantitative estimate of drug-likeness (QED) is 0.603. The standard InChI is InChI=1S/C23H35N3O4/c1-16(2)15-20(27)25-21(22(28)24-11-14-30-4)18-9-12-26(13-10-18)23(29)19-7-5-17(3)6-8-19/h5-8,16,18,21H,9-15H2,1-4H3,(H,24,28)(H,25,27)/t21-/m0/s1. The predicted molar refractivity (Wildman–Crippen MR) is 116 cm³/mol. The van der Waals surface area contributed by atoms with E-state index in [1.807, 2.05) is 49.9 Å². The highest BCUT2D eigenvalue weighted by Gasteiger charge is 2.34. The summed E-state index contributed by atoms with van der Waals surface area (Å²) < 4.78 is 4.99. The number of nitrogens with one attached hydrogen (secondary N) is 2. The van der Waals surface area contributed by atoms with E-state index in [4.69, 9.17) is 4.74 Å². The molecule has 0 aromatic heterocycles. The van der Waals surface area contributed by atoms with Crippen molar-refractivity contribution in [3.63, 3.8) is 0 Å². The molecule has 30 heavy (non-hydrogen) atoms. The second kappa shape index (κ2) is 11.7. The Morgan fingerprint density at radius 3 is 2.33 bits per heavy atom. The molecule has 1 heterocycles. The summed E-state index contributed by atoms with van der Waals surface area (Å²) in [6.45, 7) is 7.90. The van der Waals surface area contributed by atoms with Gasteiger partial charge in [-0.1, -0.05) is 31.5 Å². The third-order valence-corrected chi connectivity index (χ3v) is 5.39. The van der Waals surface area contributed by atoms with Crippen molar-refractivity contribution in [1.29, 1.82) is 0 Å². The monoisotopic (exact) mass is 417 g/mol. The lowest BCUT2D eigenvalue weighted by molar-refractivity contribution is -0.131. The van der Waals surface area contributed by atoms with Crippen LogP contribution in [0.5, 0.6) is 0 Å². The first-order valence-corrected chi connectivity index (χ1v) is 10.7. The Kier molecular flexibility index (Phi) is 9.30. The lowest BCUT2D eigenvalue weighted by Gasteiger charge is -2.36. The topological polar surface area (TPSA) is 87.7 Å². The zero-order chi connectivity index (χ0) is 22.1. The van der Waals surface area contributed by atoms with Crippen molar-refractivity contribution in [2.24, 2.45) is 11.8 Å². The van der Waals surface area contributed by atoms with Crippen LogP contribution < -0.4 is 10.6 Å². The van der Waals surface area contributed by atoms with E-state index in [2.05, 4.69) is 10.6 Å². The largest absolute Gasteiger partial charge is 0.383 e. The van der Waals surface area contributed by atoms with Gasteiger partial charge in [-0.05, 0) is 43.7 Å². The number of carbonyl (C=O) groups is 3. The summed E-state index contributed by atoms with van der Waals surface area (Å²) in [5.41, 5.74) is 1.79. The van der Waals surface area contributed by atoms with Crippen molar-refractivity contribution < 1.29 is 19.1 Å². The number of rotatable bonds is 9. The van der Waals surface area contributed by atoms with Crippen molar-refractivity contribution in [1.82, 2.24) is 15.5 Å². The molecular formula is C23H35N3O4. The Morgan fingerprint density at radius 2 is 1.77 bits per heavy atom. The third kappa shape index (κ3) is 7.13. The molecule has 1 aromatic carbocycles. The van der Waals surface area contributed by atoms with Crippen molar-refractivity contribution in [2.45, 2.75) is 46.1 Å². The van der Waals surface area contributed by atoms with Crippen LogP contribution in [0.4, 0.5) is 0 Å². The Hall–Kier alpha value is -2.41. The molecule has 1 saturated heterocycles. The SMILES string of the molecule is COCCNC(=O)[C@@H](NC(=O)CC(C)C)C1CCN(C(=O)c2ccc(C)cc2)CC1. The first-order chi connectivity index (χ1) is 14.3. The van der Waals surface area contributed by atoms with E-state index < -0.39 is 6.04 Å². The number of hydrogen-bond acceptors (Lipinski definition) is 4. The third-order valence-electron chi connectivity index (χ3n) is 5.39. The Morgan fingerprint density at radius 1 is 1.13 bits per heavy atom. The Balaban J connectivity index is 1.99. The van der Waals surface area contributed by atoms with Crippen LogP contribution in [0.2, 0.25) is 0 Å². The van der Waals surface area contributed by atoms with Gasteiger partial charge in [0.25, 0.3) is 5.91 Å². The first kappa shape index (κ1) is 23.9. The minimum Gasteiger partial charge on any atom is -0.383 e. The van der Waals surface area contributed by atoms with Crippen LogP contribution in [0, 0.1) is 18.8 Å². The van der Waals surface area contributed by atoms with E-state index in [-0.39, 0.29) is 29.6 Å². The molecule has 7 heteroatoms. The van der Waals surface area contributed by atoms with Crippen LogP contribution in [0.1, 0.15) is 49.0 Å². The normalized spacial score (nSPS) is 15.7. The summed E-state index contributed by atoms with van der Waals surface area (Å²) in [4.78, 5) is 39.7. The molecule has 0 bridgehead atoms. The van der Waals surface area contributed by atoms with E-state index in [1.54, 1.807) is 7.11 Å². The molecule has 166 valence electrons. The molecule has 1 fully saturated rings. The number of nitrogens with zero attached hydrogens (tertiary/aromatic N) is 1. The van der Waals surface area contributed by atoms with Gasteiger partial charge in [-0.2, -0.15) is 0 Å². The molecule has 7 nitrogen and oxygen atoms in total. The molecule has 0 saturated carbocycles. The fraction of sp³-hybridized carbons (Fsp3) is 0.609. The van der Waals surface area contributed by atoms with Crippen LogP contribution in [0.3, 0.4) is 0 Å². The first-order valence-electron chi connectivity index (χ1n) is 10.7. The maximum absolute atomic E-state index is 12.8. The van der Waals surface area contributed by atoms with Crippen molar-refractivity contribution in [2.75, 3.05) is 33.4 Å².